The molecule has 0 bridgehead atoms. The van der Waals surface area contributed by atoms with Crippen molar-refractivity contribution in [3.8, 4) is 11.3 Å². The van der Waals surface area contributed by atoms with Crippen molar-refractivity contribution in [1.82, 2.24) is 29.3 Å². The van der Waals surface area contributed by atoms with Crippen LogP contribution < -0.4 is 0 Å². The molecule has 1 aliphatic rings. The lowest BCUT2D eigenvalue weighted by Crippen LogP contribution is -2.47. The van der Waals surface area contributed by atoms with Gasteiger partial charge in [0.25, 0.3) is 0 Å². The highest BCUT2D eigenvalue weighted by molar-refractivity contribution is 7.15. The summed E-state index contributed by atoms with van der Waals surface area (Å²) < 4.78 is 4.06. The van der Waals surface area contributed by atoms with E-state index in [9.17, 15) is 5.11 Å². The molecule has 1 atom stereocenters. The van der Waals surface area contributed by atoms with Crippen LogP contribution in [-0.4, -0.2) is 47.5 Å². The largest absolute Gasteiger partial charge is 0.387 e. The quantitative estimate of drug-likeness (QED) is 0.576. The van der Waals surface area contributed by atoms with Gasteiger partial charge in [0.05, 0.1) is 29.7 Å². The monoisotopic (exact) mass is 380 g/mol. The van der Waals surface area contributed by atoms with Gasteiger partial charge in [0, 0.05) is 36.8 Å². The lowest BCUT2D eigenvalue weighted by molar-refractivity contribution is 0.0881. The number of imidazole rings is 1. The Hall–Kier alpha value is -2.55. The van der Waals surface area contributed by atoms with E-state index in [2.05, 4.69) is 55.5 Å². The van der Waals surface area contributed by atoms with E-state index in [1.54, 1.807) is 18.3 Å². The summed E-state index contributed by atoms with van der Waals surface area (Å²) in [4.78, 5) is 8.27. The van der Waals surface area contributed by atoms with Gasteiger partial charge in [-0.25, -0.2) is 9.67 Å². The second-order valence-corrected chi connectivity index (χ2v) is 7.85. The molecule has 4 aromatic rings. The fraction of sp³-hybridized carbons (Fsp3) is 0.316. The Bertz CT molecular complexity index is 1060. The van der Waals surface area contributed by atoms with Crippen LogP contribution in [0.4, 0.5) is 0 Å². The number of likely N-dealkylation sites (tertiary alicyclic amines) is 1. The van der Waals surface area contributed by atoms with Gasteiger partial charge < -0.3 is 5.11 Å². The molecular formula is C19H20N6OS. The number of aliphatic hydroxyl groups excluding tert-OH is 1. The third-order valence-corrected chi connectivity index (χ3v) is 5.81. The lowest BCUT2D eigenvalue weighted by atomic mass is 10.1. The molecule has 0 aliphatic carbocycles. The van der Waals surface area contributed by atoms with Crippen LogP contribution in [0.25, 0.3) is 16.2 Å². The molecule has 138 valence electrons. The van der Waals surface area contributed by atoms with Crippen LogP contribution in [0.5, 0.6) is 0 Å². The zero-order chi connectivity index (χ0) is 18.4. The van der Waals surface area contributed by atoms with Crippen LogP contribution in [-0.2, 0) is 6.54 Å². The first-order valence-electron chi connectivity index (χ1n) is 9.01. The first kappa shape index (κ1) is 16.6. The number of nitrogens with zero attached hydrogens (tertiary/aromatic N) is 6. The highest BCUT2D eigenvalue weighted by Gasteiger charge is 2.31. The third kappa shape index (κ3) is 2.95. The summed E-state index contributed by atoms with van der Waals surface area (Å²) in [6.07, 6.45) is 3.36. The summed E-state index contributed by atoms with van der Waals surface area (Å²) >= 11 is 1.66. The smallest absolute Gasteiger partial charge is 0.194 e. The van der Waals surface area contributed by atoms with Crippen molar-refractivity contribution in [3.63, 3.8) is 0 Å². The maximum Gasteiger partial charge on any atom is 0.194 e. The molecule has 0 amide bonds. The molecule has 1 fully saturated rings. The molecule has 1 aliphatic heterocycles. The summed E-state index contributed by atoms with van der Waals surface area (Å²) in [7, 11) is 0. The average Bonchev–Trinajstić information content (AvgIpc) is 3.35. The number of hydrogen-bond donors (Lipinski definition) is 1. The molecule has 7 nitrogen and oxygen atoms in total. The van der Waals surface area contributed by atoms with Crippen LogP contribution in [0.1, 0.15) is 30.5 Å². The van der Waals surface area contributed by atoms with Gasteiger partial charge in [-0.05, 0) is 6.92 Å². The van der Waals surface area contributed by atoms with Gasteiger partial charge in [0.2, 0.25) is 0 Å². The van der Waals surface area contributed by atoms with Gasteiger partial charge in [-0.15, -0.1) is 16.4 Å². The zero-order valence-corrected chi connectivity index (χ0v) is 15.8. The standard InChI is InChI=1S/C19H20N6OS/c1-13(26)16-11-25(22-21-16)15-9-23(10-15)12-17-18(14-5-3-2-4-6-14)20-19-24(17)7-8-27-19/h2-8,11,13,15,26H,9-10,12H2,1H3. The molecule has 1 N–H and O–H groups in total. The molecule has 4 heterocycles. The number of rotatable bonds is 5. The van der Waals surface area contributed by atoms with Gasteiger partial charge in [0.15, 0.2) is 4.96 Å². The van der Waals surface area contributed by atoms with Gasteiger partial charge in [0.1, 0.15) is 5.69 Å². The Balaban J connectivity index is 1.36. The maximum atomic E-state index is 9.62. The molecule has 0 saturated carbocycles. The molecule has 0 spiro atoms. The van der Waals surface area contributed by atoms with Gasteiger partial charge >= 0.3 is 0 Å². The fourth-order valence-corrected chi connectivity index (χ4v) is 4.25. The van der Waals surface area contributed by atoms with Gasteiger partial charge in [-0.1, -0.05) is 35.5 Å². The lowest BCUT2D eigenvalue weighted by Gasteiger charge is -2.38. The molecular weight excluding hydrogens is 360 g/mol. The van der Waals surface area contributed by atoms with Gasteiger partial charge in [-0.3, -0.25) is 9.30 Å². The van der Waals surface area contributed by atoms with Crippen molar-refractivity contribution in [2.45, 2.75) is 25.6 Å². The Morgan fingerprint density at radius 3 is 2.81 bits per heavy atom. The Labute approximate surface area is 160 Å². The van der Waals surface area contributed by atoms with E-state index in [4.69, 9.17) is 4.98 Å². The van der Waals surface area contributed by atoms with Crippen molar-refractivity contribution < 1.29 is 5.11 Å². The highest BCUT2D eigenvalue weighted by Crippen LogP contribution is 2.30. The topological polar surface area (TPSA) is 71.5 Å². The van der Waals surface area contributed by atoms with E-state index in [-0.39, 0.29) is 0 Å². The minimum atomic E-state index is -0.581. The van der Waals surface area contributed by atoms with Crippen LogP contribution in [0.15, 0.2) is 48.1 Å². The Morgan fingerprint density at radius 1 is 1.26 bits per heavy atom. The second kappa shape index (κ2) is 6.56. The molecule has 27 heavy (non-hydrogen) atoms. The molecule has 1 aromatic carbocycles. The van der Waals surface area contributed by atoms with Crippen molar-refractivity contribution in [1.29, 1.82) is 0 Å². The minimum Gasteiger partial charge on any atom is -0.387 e. The first-order chi connectivity index (χ1) is 13.2. The Kier molecular flexibility index (Phi) is 4.04. The predicted octanol–water partition coefficient (Wildman–Crippen LogP) is 2.76. The van der Waals surface area contributed by atoms with E-state index in [1.165, 1.54) is 5.69 Å². The first-order valence-corrected chi connectivity index (χ1v) is 9.89. The molecule has 8 heteroatoms. The molecule has 1 saturated heterocycles. The minimum absolute atomic E-state index is 0.302. The van der Waals surface area contributed by atoms with Crippen LogP contribution in [0, 0.1) is 0 Å². The molecule has 1 unspecified atom stereocenters. The van der Waals surface area contributed by atoms with Crippen molar-refractivity contribution >= 4 is 16.3 Å². The zero-order valence-electron chi connectivity index (χ0n) is 14.9. The van der Waals surface area contributed by atoms with Crippen molar-refractivity contribution in [2.24, 2.45) is 0 Å². The number of aromatic nitrogens is 5. The number of thiazole rings is 1. The predicted molar refractivity (Wildman–Crippen MR) is 103 cm³/mol. The molecule has 3 aromatic heterocycles. The van der Waals surface area contributed by atoms with E-state index < -0.39 is 6.10 Å². The third-order valence-electron chi connectivity index (χ3n) is 5.05. The van der Waals surface area contributed by atoms with E-state index in [0.717, 1.165) is 35.9 Å². The normalized spacial score (nSPS) is 16.7. The number of aliphatic hydroxyl groups is 1. The van der Waals surface area contributed by atoms with Crippen LogP contribution in [0.2, 0.25) is 0 Å². The summed E-state index contributed by atoms with van der Waals surface area (Å²) in [5.74, 6) is 0. The average molecular weight is 380 g/mol. The summed E-state index contributed by atoms with van der Waals surface area (Å²) in [6, 6.07) is 10.7. The van der Waals surface area contributed by atoms with E-state index in [1.807, 2.05) is 16.9 Å². The summed E-state index contributed by atoms with van der Waals surface area (Å²) in [6.45, 7) is 4.37. The number of benzene rings is 1. The van der Waals surface area contributed by atoms with Crippen LogP contribution in [0.3, 0.4) is 0 Å². The number of hydrogen-bond acceptors (Lipinski definition) is 6. The number of fused-ring (bicyclic) bond motifs is 1. The van der Waals surface area contributed by atoms with Crippen molar-refractivity contribution in [3.05, 3.63) is 59.5 Å². The highest BCUT2D eigenvalue weighted by atomic mass is 32.1. The summed E-state index contributed by atoms with van der Waals surface area (Å²) in [5, 5.41) is 19.9. The maximum absolute atomic E-state index is 9.62. The van der Waals surface area contributed by atoms with Crippen molar-refractivity contribution in [2.75, 3.05) is 13.1 Å². The Morgan fingerprint density at radius 2 is 2.07 bits per heavy atom. The fourth-order valence-electron chi connectivity index (χ4n) is 3.52. The summed E-state index contributed by atoms with van der Waals surface area (Å²) in [5.41, 5.74) is 4.05. The molecule has 5 rings (SSSR count). The van der Waals surface area contributed by atoms with Crippen LogP contribution >= 0.6 is 11.3 Å². The van der Waals surface area contributed by atoms with Gasteiger partial charge in [-0.2, -0.15) is 0 Å². The second-order valence-electron chi connectivity index (χ2n) is 6.98. The molecule has 0 radical (unpaired) electrons. The van der Waals surface area contributed by atoms with E-state index in [0.29, 0.717) is 11.7 Å². The SMILES string of the molecule is CC(O)c1cn(C2CN(Cc3c(-c4ccccc4)nc4sccn34)C2)nn1. The van der Waals surface area contributed by atoms with E-state index >= 15 is 0 Å².